The molecule has 25 heavy (non-hydrogen) atoms. The van der Waals surface area contributed by atoms with Gasteiger partial charge >= 0.3 is 0 Å². The fourth-order valence-electron chi connectivity index (χ4n) is 3.78. The van der Waals surface area contributed by atoms with Crippen LogP contribution in [0.2, 0.25) is 0 Å². The van der Waals surface area contributed by atoms with Crippen LogP contribution in [-0.4, -0.2) is 49.6 Å². The monoisotopic (exact) mass is 346 g/mol. The molecule has 0 unspecified atom stereocenters. The quantitative estimate of drug-likeness (QED) is 0.698. The second-order valence-corrected chi connectivity index (χ2v) is 7.44. The second kappa shape index (κ2) is 13.4. The summed E-state index contributed by atoms with van der Waals surface area (Å²) in [7, 11) is 2.25. The summed E-state index contributed by atoms with van der Waals surface area (Å²) in [5, 5.41) is 0. The van der Waals surface area contributed by atoms with E-state index in [-0.39, 0.29) is 0 Å². The maximum Gasteiger partial charge on any atom is 0.00106 e. The van der Waals surface area contributed by atoms with Crippen LogP contribution >= 0.6 is 0 Å². The minimum absolute atomic E-state index is 0.796. The van der Waals surface area contributed by atoms with Gasteiger partial charge in [0.05, 0.1) is 0 Å². The molecule has 144 valence electrons. The summed E-state index contributed by atoms with van der Waals surface area (Å²) in [6.45, 7) is 14.8. The molecular formula is C23H42N2. The third-order valence-electron chi connectivity index (χ3n) is 5.21. The summed E-state index contributed by atoms with van der Waals surface area (Å²) in [5.74, 6) is 1.74. The Morgan fingerprint density at radius 1 is 0.840 bits per heavy atom. The van der Waals surface area contributed by atoms with Crippen molar-refractivity contribution in [3.8, 4) is 0 Å². The van der Waals surface area contributed by atoms with Gasteiger partial charge in [0.25, 0.3) is 0 Å². The molecule has 2 aliphatic rings. The van der Waals surface area contributed by atoms with Crippen molar-refractivity contribution in [2.45, 2.75) is 65.7 Å². The average molecular weight is 347 g/mol. The van der Waals surface area contributed by atoms with Crippen LogP contribution in [0.4, 0.5) is 0 Å². The van der Waals surface area contributed by atoms with Crippen molar-refractivity contribution in [1.82, 2.24) is 9.80 Å². The molecule has 0 radical (unpaired) electrons. The molecule has 1 aromatic rings. The third-order valence-corrected chi connectivity index (χ3v) is 5.21. The molecule has 0 aliphatic carbocycles. The normalized spacial score (nSPS) is 20.2. The smallest absolute Gasteiger partial charge is 0.00106 e. The van der Waals surface area contributed by atoms with Crippen molar-refractivity contribution in [1.29, 1.82) is 0 Å². The van der Waals surface area contributed by atoms with Gasteiger partial charge in [-0.2, -0.15) is 0 Å². The van der Waals surface area contributed by atoms with Gasteiger partial charge in [-0.1, -0.05) is 64.4 Å². The Hall–Kier alpha value is -0.860. The molecule has 0 amide bonds. The number of likely N-dealkylation sites (tertiary alicyclic amines) is 2. The summed E-state index contributed by atoms with van der Waals surface area (Å²) < 4.78 is 0. The van der Waals surface area contributed by atoms with Crippen molar-refractivity contribution in [3.05, 3.63) is 35.9 Å². The van der Waals surface area contributed by atoms with E-state index in [1.807, 2.05) is 13.8 Å². The minimum Gasteiger partial charge on any atom is -0.306 e. The fraction of sp³-hybridized carbons (Fsp3) is 0.739. The maximum absolute atomic E-state index is 2.72. The van der Waals surface area contributed by atoms with Gasteiger partial charge in [0.2, 0.25) is 0 Å². The molecule has 0 aromatic heterocycles. The molecule has 0 bridgehead atoms. The van der Waals surface area contributed by atoms with E-state index in [0.717, 1.165) is 11.8 Å². The molecule has 2 saturated heterocycles. The lowest BCUT2D eigenvalue weighted by atomic mass is 9.88. The van der Waals surface area contributed by atoms with Gasteiger partial charge in [0, 0.05) is 6.54 Å². The molecule has 3 rings (SSSR count). The Morgan fingerprint density at radius 3 is 1.88 bits per heavy atom. The molecule has 2 aliphatic heterocycles. The van der Waals surface area contributed by atoms with Gasteiger partial charge in [0.15, 0.2) is 0 Å². The zero-order chi connectivity index (χ0) is 18.5. The van der Waals surface area contributed by atoms with Crippen LogP contribution in [-0.2, 0) is 0 Å². The fourth-order valence-corrected chi connectivity index (χ4v) is 3.78. The summed E-state index contributed by atoms with van der Waals surface area (Å²) in [6, 6.07) is 11.1. The first-order valence-electron chi connectivity index (χ1n) is 10.7. The lowest BCUT2D eigenvalue weighted by molar-refractivity contribution is 0.139. The summed E-state index contributed by atoms with van der Waals surface area (Å²) >= 11 is 0. The topological polar surface area (TPSA) is 6.48 Å². The Bertz CT molecular complexity index is 401. The Labute approximate surface area is 157 Å². The van der Waals surface area contributed by atoms with Crippen LogP contribution in [0.1, 0.15) is 71.3 Å². The highest BCUT2D eigenvalue weighted by atomic mass is 15.1. The second-order valence-electron chi connectivity index (χ2n) is 7.44. The predicted octanol–water partition coefficient (Wildman–Crippen LogP) is 5.65. The van der Waals surface area contributed by atoms with Crippen LogP contribution in [0, 0.1) is 5.92 Å². The van der Waals surface area contributed by atoms with E-state index in [1.54, 1.807) is 5.56 Å². The van der Waals surface area contributed by atoms with Crippen LogP contribution < -0.4 is 0 Å². The number of nitrogens with zero attached hydrogens (tertiary/aromatic N) is 2. The minimum atomic E-state index is 0.796. The zero-order valence-electron chi connectivity index (χ0n) is 17.5. The van der Waals surface area contributed by atoms with E-state index in [0.29, 0.717) is 0 Å². The van der Waals surface area contributed by atoms with Crippen molar-refractivity contribution in [3.63, 3.8) is 0 Å². The predicted molar refractivity (Wildman–Crippen MR) is 112 cm³/mol. The van der Waals surface area contributed by atoms with E-state index >= 15 is 0 Å². The molecule has 0 N–H and O–H groups in total. The molecule has 0 saturated carbocycles. The number of piperidine rings is 2. The molecule has 0 atom stereocenters. The van der Waals surface area contributed by atoms with E-state index in [2.05, 4.69) is 61.0 Å². The molecule has 2 heterocycles. The average Bonchev–Trinajstić information content (AvgIpc) is 2.67. The van der Waals surface area contributed by atoms with Gasteiger partial charge in [-0.25, -0.2) is 0 Å². The highest BCUT2D eigenvalue weighted by Gasteiger charge is 2.24. The van der Waals surface area contributed by atoms with Crippen molar-refractivity contribution < 1.29 is 0 Å². The summed E-state index contributed by atoms with van der Waals surface area (Å²) in [4.78, 5) is 5.19. The first-order chi connectivity index (χ1) is 12.2. The summed E-state index contributed by atoms with van der Waals surface area (Å²) in [5.41, 5.74) is 1.55. The maximum atomic E-state index is 2.72. The van der Waals surface area contributed by atoms with Crippen LogP contribution in [0.3, 0.4) is 0 Å². The van der Waals surface area contributed by atoms with Crippen molar-refractivity contribution >= 4 is 0 Å². The lowest BCUT2D eigenvalue weighted by Gasteiger charge is -2.37. The SMILES string of the molecule is CC.CCC.CN1CCC(CN2CCC(c3ccccc3)CC2)CC1. The number of hydrogen-bond acceptors (Lipinski definition) is 2. The van der Waals surface area contributed by atoms with Gasteiger partial charge in [-0.15, -0.1) is 0 Å². The Morgan fingerprint density at radius 2 is 1.36 bits per heavy atom. The summed E-state index contributed by atoms with van der Waals surface area (Å²) in [6.07, 6.45) is 6.73. The highest BCUT2D eigenvalue weighted by molar-refractivity contribution is 5.20. The number of hydrogen-bond donors (Lipinski definition) is 0. The first kappa shape index (κ1) is 22.2. The lowest BCUT2D eigenvalue weighted by Crippen LogP contribution is -2.40. The van der Waals surface area contributed by atoms with E-state index in [1.165, 1.54) is 64.8 Å². The number of rotatable bonds is 3. The van der Waals surface area contributed by atoms with Crippen molar-refractivity contribution in [2.24, 2.45) is 5.92 Å². The molecule has 1 aromatic carbocycles. The molecule has 0 spiro atoms. The van der Waals surface area contributed by atoms with Crippen LogP contribution in [0.5, 0.6) is 0 Å². The largest absolute Gasteiger partial charge is 0.306 e. The Kier molecular flexibility index (Phi) is 11.9. The van der Waals surface area contributed by atoms with Crippen LogP contribution in [0.15, 0.2) is 30.3 Å². The van der Waals surface area contributed by atoms with Crippen LogP contribution in [0.25, 0.3) is 0 Å². The molecule has 2 heteroatoms. The molecule has 2 fully saturated rings. The third kappa shape index (κ3) is 8.37. The van der Waals surface area contributed by atoms with Gasteiger partial charge in [-0.05, 0) is 76.3 Å². The highest BCUT2D eigenvalue weighted by Crippen LogP contribution is 2.29. The first-order valence-corrected chi connectivity index (χ1v) is 10.7. The van der Waals surface area contributed by atoms with E-state index in [9.17, 15) is 0 Å². The van der Waals surface area contributed by atoms with E-state index in [4.69, 9.17) is 0 Å². The number of benzene rings is 1. The Balaban J connectivity index is 0.000000567. The standard InChI is InChI=1S/C18H28N2.C3H8.C2H6/c1-19-11-7-16(8-12-19)15-20-13-9-18(10-14-20)17-5-3-2-4-6-17;1-3-2;1-2/h2-6,16,18H,7-15H2,1H3;3H2,1-2H3;1-2H3. The van der Waals surface area contributed by atoms with Gasteiger partial charge in [0.1, 0.15) is 0 Å². The molecule has 2 nitrogen and oxygen atoms in total. The van der Waals surface area contributed by atoms with Gasteiger partial charge < -0.3 is 9.80 Å². The van der Waals surface area contributed by atoms with Crippen molar-refractivity contribution in [2.75, 3.05) is 39.8 Å². The van der Waals surface area contributed by atoms with E-state index < -0.39 is 0 Å². The van der Waals surface area contributed by atoms with Gasteiger partial charge in [-0.3, -0.25) is 0 Å². The zero-order valence-corrected chi connectivity index (χ0v) is 17.5. The molecular weight excluding hydrogens is 304 g/mol.